The minimum Gasteiger partial charge on any atom is -0.346 e. The van der Waals surface area contributed by atoms with E-state index < -0.39 is 0 Å². The van der Waals surface area contributed by atoms with E-state index in [9.17, 15) is 4.79 Å². The van der Waals surface area contributed by atoms with Gasteiger partial charge in [-0.1, -0.05) is 36.4 Å². The Hall–Kier alpha value is -2.43. The zero-order chi connectivity index (χ0) is 19.5. The lowest BCUT2D eigenvalue weighted by molar-refractivity contribution is -0.945. The molecular weight excluding hydrogens is 364 g/mol. The van der Waals surface area contributed by atoms with Crippen molar-refractivity contribution in [2.75, 3.05) is 13.1 Å². The van der Waals surface area contributed by atoms with Gasteiger partial charge in [0.2, 0.25) is 0 Å². The molecule has 0 bridgehead atoms. The fourth-order valence-corrected chi connectivity index (χ4v) is 4.90. The monoisotopic (exact) mass is 391 g/mol. The van der Waals surface area contributed by atoms with Crippen LogP contribution in [0.25, 0.3) is 0 Å². The lowest BCUT2D eigenvalue weighted by atomic mass is 9.98. The van der Waals surface area contributed by atoms with Crippen molar-refractivity contribution in [3.63, 3.8) is 0 Å². The van der Waals surface area contributed by atoms with E-state index in [1.165, 1.54) is 26.5 Å². The molecule has 3 aromatic rings. The molecule has 0 saturated heterocycles. The quantitative estimate of drug-likeness (QED) is 0.686. The number of hydrogen-bond donors (Lipinski definition) is 2. The molecular formula is C24H27N2OS+. The molecule has 0 saturated carbocycles. The zero-order valence-corrected chi connectivity index (χ0v) is 17.3. The maximum absolute atomic E-state index is 12.7. The molecule has 144 valence electrons. The molecule has 2 atom stereocenters. The highest BCUT2D eigenvalue weighted by Gasteiger charge is 2.29. The van der Waals surface area contributed by atoms with Gasteiger partial charge in [0.1, 0.15) is 12.6 Å². The summed E-state index contributed by atoms with van der Waals surface area (Å²) in [5, 5.41) is 5.33. The van der Waals surface area contributed by atoms with Crippen molar-refractivity contribution in [1.29, 1.82) is 0 Å². The Bertz CT molecular complexity index is 964. The zero-order valence-electron chi connectivity index (χ0n) is 16.5. The van der Waals surface area contributed by atoms with Crippen molar-refractivity contribution in [1.82, 2.24) is 5.32 Å². The minimum absolute atomic E-state index is 0.0152. The fraction of sp³-hybridized carbons (Fsp3) is 0.292. The second kappa shape index (κ2) is 8.29. The molecule has 28 heavy (non-hydrogen) atoms. The number of nitrogens with one attached hydrogen (secondary N) is 2. The Labute approximate surface area is 171 Å². The molecule has 0 fully saturated rings. The molecule has 4 rings (SSSR count). The Morgan fingerprint density at radius 1 is 1.07 bits per heavy atom. The van der Waals surface area contributed by atoms with Gasteiger partial charge in [-0.15, -0.1) is 11.3 Å². The third kappa shape index (κ3) is 4.03. The van der Waals surface area contributed by atoms with Crippen LogP contribution < -0.4 is 10.2 Å². The molecule has 1 aliphatic heterocycles. The van der Waals surface area contributed by atoms with Crippen LogP contribution >= 0.6 is 11.3 Å². The molecule has 0 radical (unpaired) electrons. The van der Waals surface area contributed by atoms with E-state index >= 15 is 0 Å². The average molecular weight is 392 g/mol. The largest absolute Gasteiger partial charge is 0.346 e. The minimum atomic E-state index is 0.0152. The standard InChI is InChI=1S/C24H26N2OS/c1-17-9-10-20(14-18(17)2)24(27)25-15-22(23-8-5-13-28-23)26-12-11-19-6-3-4-7-21(19)16-26/h3-10,13-14,22H,11-12,15-16H2,1-2H3,(H,25,27)/p+1/t22-/m1/s1. The molecule has 1 aromatic heterocycles. The van der Waals surface area contributed by atoms with Gasteiger partial charge in [-0.25, -0.2) is 0 Å². The normalized spacial score (nSPS) is 17.0. The summed E-state index contributed by atoms with van der Waals surface area (Å²) in [6.45, 7) is 6.89. The molecule has 1 amide bonds. The number of benzene rings is 2. The lowest BCUT2D eigenvalue weighted by Gasteiger charge is -2.32. The van der Waals surface area contributed by atoms with E-state index in [1.54, 1.807) is 11.3 Å². The Morgan fingerprint density at radius 3 is 2.64 bits per heavy atom. The Morgan fingerprint density at radius 2 is 1.89 bits per heavy atom. The average Bonchev–Trinajstić information content (AvgIpc) is 3.24. The third-order valence-corrected chi connectivity index (χ3v) is 6.85. The van der Waals surface area contributed by atoms with Gasteiger partial charge in [-0.05, 0) is 54.1 Å². The van der Waals surface area contributed by atoms with Crippen molar-refractivity contribution in [2.24, 2.45) is 0 Å². The van der Waals surface area contributed by atoms with Crippen molar-refractivity contribution < 1.29 is 9.69 Å². The predicted octanol–water partition coefficient (Wildman–Crippen LogP) is 3.48. The first-order valence-corrected chi connectivity index (χ1v) is 10.8. The van der Waals surface area contributed by atoms with Crippen molar-refractivity contribution >= 4 is 17.2 Å². The third-order valence-electron chi connectivity index (χ3n) is 5.87. The van der Waals surface area contributed by atoms with E-state index in [2.05, 4.69) is 60.9 Å². The fourth-order valence-electron chi connectivity index (χ4n) is 4.01. The number of thiophene rings is 1. The van der Waals surface area contributed by atoms with Crippen molar-refractivity contribution in [2.45, 2.75) is 32.9 Å². The van der Waals surface area contributed by atoms with Crippen LogP contribution in [0.1, 0.15) is 43.5 Å². The van der Waals surface area contributed by atoms with Crippen LogP contribution in [-0.4, -0.2) is 19.0 Å². The van der Waals surface area contributed by atoms with Gasteiger partial charge in [-0.2, -0.15) is 0 Å². The summed E-state index contributed by atoms with van der Waals surface area (Å²) >= 11 is 1.79. The van der Waals surface area contributed by atoms with Gasteiger partial charge in [0.05, 0.1) is 18.0 Å². The molecule has 0 spiro atoms. The second-order valence-electron chi connectivity index (χ2n) is 7.68. The summed E-state index contributed by atoms with van der Waals surface area (Å²) in [7, 11) is 0. The first-order valence-electron chi connectivity index (χ1n) is 9.92. The van der Waals surface area contributed by atoms with Crippen LogP contribution in [0.5, 0.6) is 0 Å². The topological polar surface area (TPSA) is 33.5 Å². The van der Waals surface area contributed by atoms with Gasteiger partial charge in [0.25, 0.3) is 5.91 Å². The number of carbonyl (C=O) groups is 1. The molecule has 2 aromatic carbocycles. The van der Waals surface area contributed by atoms with Crippen molar-refractivity contribution in [3.8, 4) is 0 Å². The number of rotatable bonds is 5. The van der Waals surface area contributed by atoms with E-state index in [1.807, 2.05) is 18.2 Å². The van der Waals surface area contributed by atoms with Gasteiger partial charge in [-0.3, -0.25) is 4.79 Å². The van der Waals surface area contributed by atoms with Crippen LogP contribution in [-0.2, 0) is 13.0 Å². The van der Waals surface area contributed by atoms with Crippen LogP contribution in [0.2, 0.25) is 0 Å². The molecule has 0 aliphatic carbocycles. The maximum Gasteiger partial charge on any atom is 0.251 e. The summed E-state index contributed by atoms with van der Waals surface area (Å²) in [5.74, 6) is 0.0152. The lowest BCUT2D eigenvalue weighted by Crippen LogP contribution is -3.12. The van der Waals surface area contributed by atoms with Gasteiger partial charge >= 0.3 is 0 Å². The maximum atomic E-state index is 12.7. The van der Waals surface area contributed by atoms with E-state index in [4.69, 9.17) is 0 Å². The summed E-state index contributed by atoms with van der Waals surface area (Å²) in [5.41, 5.74) is 6.01. The Balaban J connectivity index is 1.50. The number of amides is 1. The summed E-state index contributed by atoms with van der Waals surface area (Å²) in [6, 6.07) is 19.3. The molecule has 2 N–H and O–H groups in total. The number of quaternary nitrogens is 1. The summed E-state index contributed by atoms with van der Waals surface area (Å²) in [4.78, 5) is 15.6. The number of aryl methyl sites for hydroxylation is 2. The molecule has 3 nitrogen and oxygen atoms in total. The number of carbonyl (C=O) groups excluding carboxylic acids is 1. The highest BCUT2D eigenvalue weighted by molar-refractivity contribution is 7.10. The van der Waals surface area contributed by atoms with Gasteiger partial charge < -0.3 is 10.2 Å². The van der Waals surface area contributed by atoms with E-state index in [0.717, 1.165) is 30.6 Å². The number of hydrogen-bond acceptors (Lipinski definition) is 2. The summed E-state index contributed by atoms with van der Waals surface area (Å²) < 4.78 is 0. The highest BCUT2D eigenvalue weighted by atomic mass is 32.1. The molecule has 2 heterocycles. The predicted molar refractivity (Wildman–Crippen MR) is 115 cm³/mol. The molecule has 1 aliphatic rings. The van der Waals surface area contributed by atoms with Crippen LogP contribution in [0.3, 0.4) is 0 Å². The van der Waals surface area contributed by atoms with Gasteiger partial charge in [0, 0.05) is 17.5 Å². The van der Waals surface area contributed by atoms with Crippen LogP contribution in [0.4, 0.5) is 0 Å². The smallest absolute Gasteiger partial charge is 0.251 e. The summed E-state index contributed by atoms with van der Waals surface area (Å²) in [6.07, 6.45) is 1.10. The molecule has 4 heteroatoms. The SMILES string of the molecule is Cc1ccc(C(=O)NC[C@H](c2cccs2)[NH+]2CCc3ccccc3C2)cc1C. The molecule has 1 unspecified atom stereocenters. The highest BCUT2D eigenvalue weighted by Crippen LogP contribution is 2.19. The van der Waals surface area contributed by atoms with Crippen LogP contribution in [0.15, 0.2) is 60.0 Å². The van der Waals surface area contributed by atoms with Crippen molar-refractivity contribution in [3.05, 3.63) is 92.7 Å². The van der Waals surface area contributed by atoms with Gasteiger partial charge in [0.15, 0.2) is 0 Å². The second-order valence-corrected chi connectivity index (χ2v) is 8.66. The first-order chi connectivity index (χ1) is 13.6. The Kier molecular flexibility index (Phi) is 5.60. The van der Waals surface area contributed by atoms with Crippen LogP contribution in [0, 0.1) is 13.8 Å². The first kappa shape index (κ1) is 18.9. The van der Waals surface area contributed by atoms with E-state index in [-0.39, 0.29) is 11.9 Å². The number of fused-ring (bicyclic) bond motifs is 1. The van der Waals surface area contributed by atoms with E-state index in [0.29, 0.717) is 6.54 Å².